The van der Waals surface area contributed by atoms with Crippen LogP contribution in [0, 0.1) is 6.92 Å². The van der Waals surface area contributed by atoms with Crippen LogP contribution in [0.2, 0.25) is 0 Å². The molecule has 0 aliphatic carbocycles. The van der Waals surface area contributed by atoms with Crippen molar-refractivity contribution >= 4 is 11.5 Å². The molecular weight excluding hydrogens is 212 g/mol. The van der Waals surface area contributed by atoms with Crippen LogP contribution < -0.4 is 10.6 Å². The Hall–Kier alpha value is -1.29. The number of nitrogens with zero attached hydrogens (tertiary/aromatic N) is 3. The van der Waals surface area contributed by atoms with Crippen LogP contribution in [0.4, 0.5) is 11.5 Å². The summed E-state index contributed by atoms with van der Waals surface area (Å²) >= 11 is 0. The molecule has 1 saturated heterocycles. The standard InChI is InChI=1S/C13H22N4/c1-10-7-12(14)8-15-13(10)17-6-4-5-16(3)9-11(17)2/h7-8,11H,4-6,9,14H2,1-3H3. The molecule has 2 heterocycles. The van der Waals surface area contributed by atoms with Gasteiger partial charge in [-0.2, -0.15) is 0 Å². The molecule has 1 atom stereocenters. The lowest BCUT2D eigenvalue weighted by Crippen LogP contribution is -2.38. The molecule has 4 nitrogen and oxygen atoms in total. The first-order valence-corrected chi connectivity index (χ1v) is 6.25. The van der Waals surface area contributed by atoms with Crippen molar-refractivity contribution in [2.24, 2.45) is 0 Å². The van der Waals surface area contributed by atoms with Gasteiger partial charge in [0, 0.05) is 19.1 Å². The van der Waals surface area contributed by atoms with E-state index in [0.717, 1.165) is 31.1 Å². The van der Waals surface area contributed by atoms with Crippen molar-refractivity contribution in [3.8, 4) is 0 Å². The average molecular weight is 234 g/mol. The van der Waals surface area contributed by atoms with Crippen molar-refractivity contribution in [1.29, 1.82) is 0 Å². The maximum Gasteiger partial charge on any atom is 0.131 e. The zero-order chi connectivity index (χ0) is 12.4. The summed E-state index contributed by atoms with van der Waals surface area (Å²) in [6, 6.07) is 2.50. The molecule has 0 saturated carbocycles. The van der Waals surface area contributed by atoms with E-state index in [1.54, 1.807) is 6.20 Å². The second-order valence-corrected chi connectivity index (χ2v) is 5.07. The molecule has 1 fully saturated rings. The van der Waals surface area contributed by atoms with Crippen molar-refractivity contribution in [2.75, 3.05) is 37.3 Å². The fraction of sp³-hybridized carbons (Fsp3) is 0.615. The summed E-state index contributed by atoms with van der Waals surface area (Å²) in [5.41, 5.74) is 7.66. The van der Waals surface area contributed by atoms with Gasteiger partial charge in [0.25, 0.3) is 0 Å². The first-order chi connectivity index (χ1) is 8.08. The van der Waals surface area contributed by atoms with Gasteiger partial charge in [0.1, 0.15) is 5.82 Å². The van der Waals surface area contributed by atoms with E-state index in [0.29, 0.717) is 6.04 Å². The monoisotopic (exact) mass is 234 g/mol. The van der Waals surface area contributed by atoms with Crippen LogP contribution in [-0.4, -0.2) is 42.6 Å². The lowest BCUT2D eigenvalue weighted by molar-refractivity contribution is 0.337. The molecule has 0 bridgehead atoms. The Labute approximate surface area is 103 Å². The molecule has 1 aromatic heterocycles. The van der Waals surface area contributed by atoms with Crippen molar-refractivity contribution in [2.45, 2.75) is 26.3 Å². The number of hydrogen-bond donors (Lipinski definition) is 1. The van der Waals surface area contributed by atoms with Crippen LogP contribution in [0.3, 0.4) is 0 Å². The number of nitrogens with two attached hydrogens (primary N) is 1. The molecule has 1 aliphatic rings. The van der Waals surface area contributed by atoms with E-state index >= 15 is 0 Å². The van der Waals surface area contributed by atoms with Gasteiger partial charge in [-0.3, -0.25) is 0 Å². The fourth-order valence-corrected chi connectivity index (χ4v) is 2.58. The molecular formula is C13H22N4. The fourth-order valence-electron chi connectivity index (χ4n) is 2.58. The molecule has 0 spiro atoms. The quantitative estimate of drug-likeness (QED) is 0.800. The number of aromatic nitrogens is 1. The predicted octanol–water partition coefficient (Wildman–Crippen LogP) is 1.50. The second-order valence-electron chi connectivity index (χ2n) is 5.07. The van der Waals surface area contributed by atoms with E-state index in [2.05, 4.69) is 35.7 Å². The van der Waals surface area contributed by atoms with Gasteiger partial charge in [0.05, 0.1) is 11.9 Å². The third kappa shape index (κ3) is 2.69. The number of aryl methyl sites for hydroxylation is 1. The van der Waals surface area contributed by atoms with Crippen LogP contribution in [0.25, 0.3) is 0 Å². The Morgan fingerprint density at radius 2 is 2.18 bits per heavy atom. The maximum atomic E-state index is 5.76. The highest BCUT2D eigenvalue weighted by atomic mass is 15.3. The number of likely N-dealkylation sites (N-methyl/N-ethyl adjacent to an activating group) is 1. The molecule has 0 aromatic carbocycles. The minimum Gasteiger partial charge on any atom is -0.397 e. The first-order valence-electron chi connectivity index (χ1n) is 6.25. The van der Waals surface area contributed by atoms with Crippen LogP contribution in [0.1, 0.15) is 18.9 Å². The summed E-state index contributed by atoms with van der Waals surface area (Å²) in [5, 5.41) is 0. The van der Waals surface area contributed by atoms with Crippen LogP contribution in [0.15, 0.2) is 12.3 Å². The van der Waals surface area contributed by atoms with Crippen LogP contribution in [-0.2, 0) is 0 Å². The topological polar surface area (TPSA) is 45.4 Å². The van der Waals surface area contributed by atoms with Gasteiger partial charge in [0.15, 0.2) is 0 Å². The summed E-state index contributed by atoms with van der Waals surface area (Å²) in [6.45, 7) is 7.67. The molecule has 1 aliphatic heterocycles. The van der Waals surface area contributed by atoms with E-state index in [1.165, 1.54) is 12.0 Å². The molecule has 17 heavy (non-hydrogen) atoms. The molecule has 2 rings (SSSR count). The van der Waals surface area contributed by atoms with Gasteiger partial charge in [-0.1, -0.05) is 0 Å². The predicted molar refractivity (Wildman–Crippen MR) is 72.3 cm³/mol. The summed E-state index contributed by atoms with van der Waals surface area (Å²) < 4.78 is 0. The smallest absolute Gasteiger partial charge is 0.131 e. The summed E-state index contributed by atoms with van der Waals surface area (Å²) in [5.74, 6) is 1.09. The third-order valence-corrected chi connectivity index (χ3v) is 3.39. The highest BCUT2D eigenvalue weighted by Crippen LogP contribution is 2.22. The summed E-state index contributed by atoms with van der Waals surface area (Å²) in [6.07, 6.45) is 2.94. The Balaban J connectivity index is 2.25. The van der Waals surface area contributed by atoms with E-state index < -0.39 is 0 Å². The van der Waals surface area contributed by atoms with E-state index in [1.807, 2.05) is 6.07 Å². The molecule has 2 N–H and O–H groups in total. The second kappa shape index (κ2) is 4.92. The normalized spacial score (nSPS) is 22.5. The number of rotatable bonds is 1. The number of anilines is 2. The molecule has 0 radical (unpaired) electrons. The van der Waals surface area contributed by atoms with Crippen LogP contribution >= 0.6 is 0 Å². The molecule has 1 aromatic rings. The highest BCUT2D eigenvalue weighted by molar-refractivity contribution is 5.53. The molecule has 4 heteroatoms. The van der Waals surface area contributed by atoms with E-state index in [4.69, 9.17) is 5.73 Å². The molecule has 94 valence electrons. The average Bonchev–Trinajstić information content (AvgIpc) is 2.40. The molecule has 1 unspecified atom stereocenters. The minimum absolute atomic E-state index is 0.498. The van der Waals surface area contributed by atoms with Crippen molar-refractivity contribution in [1.82, 2.24) is 9.88 Å². The Bertz CT molecular complexity index is 391. The lowest BCUT2D eigenvalue weighted by atomic mass is 10.2. The maximum absolute atomic E-state index is 5.76. The summed E-state index contributed by atoms with van der Waals surface area (Å²) in [4.78, 5) is 9.29. The number of hydrogen-bond acceptors (Lipinski definition) is 4. The number of nitrogen functional groups attached to an aromatic ring is 1. The van der Waals surface area contributed by atoms with E-state index in [-0.39, 0.29) is 0 Å². The largest absolute Gasteiger partial charge is 0.397 e. The first kappa shape index (κ1) is 12.2. The van der Waals surface area contributed by atoms with E-state index in [9.17, 15) is 0 Å². The number of pyridine rings is 1. The third-order valence-electron chi connectivity index (χ3n) is 3.39. The van der Waals surface area contributed by atoms with Gasteiger partial charge >= 0.3 is 0 Å². The SMILES string of the molecule is Cc1cc(N)cnc1N1CCCN(C)CC1C. The zero-order valence-corrected chi connectivity index (χ0v) is 11.0. The van der Waals surface area contributed by atoms with Gasteiger partial charge in [-0.15, -0.1) is 0 Å². The zero-order valence-electron chi connectivity index (χ0n) is 11.0. The molecule has 0 amide bonds. The Morgan fingerprint density at radius 3 is 2.88 bits per heavy atom. The lowest BCUT2D eigenvalue weighted by Gasteiger charge is -2.30. The van der Waals surface area contributed by atoms with Gasteiger partial charge in [-0.05, 0) is 45.5 Å². The van der Waals surface area contributed by atoms with Gasteiger partial charge in [0.2, 0.25) is 0 Å². The Morgan fingerprint density at radius 1 is 1.41 bits per heavy atom. The Kier molecular flexibility index (Phi) is 3.52. The van der Waals surface area contributed by atoms with Crippen molar-refractivity contribution in [3.05, 3.63) is 17.8 Å². The highest BCUT2D eigenvalue weighted by Gasteiger charge is 2.21. The minimum atomic E-state index is 0.498. The van der Waals surface area contributed by atoms with Gasteiger partial charge < -0.3 is 15.5 Å². The van der Waals surface area contributed by atoms with Gasteiger partial charge in [-0.25, -0.2) is 4.98 Å². The van der Waals surface area contributed by atoms with Crippen molar-refractivity contribution in [3.63, 3.8) is 0 Å². The summed E-state index contributed by atoms with van der Waals surface area (Å²) in [7, 11) is 2.18. The van der Waals surface area contributed by atoms with Crippen LogP contribution in [0.5, 0.6) is 0 Å². The van der Waals surface area contributed by atoms with Crippen molar-refractivity contribution < 1.29 is 0 Å².